The van der Waals surface area contributed by atoms with Crippen molar-refractivity contribution < 1.29 is 23.5 Å². The lowest BCUT2D eigenvalue weighted by Gasteiger charge is -2.08. The first-order valence-electron chi connectivity index (χ1n) is 7.68. The van der Waals surface area contributed by atoms with Crippen LogP contribution in [0.1, 0.15) is 10.4 Å². The third-order valence-electron chi connectivity index (χ3n) is 3.61. The number of ketones is 1. The summed E-state index contributed by atoms with van der Waals surface area (Å²) in [7, 11) is 0. The number of hydrogen-bond acceptors (Lipinski definition) is 4. The van der Waals surface area contributed by atoms with Gasteiger partial charge in [0.05, 0.1) is 0 Å². The summed E-state index contributed by atoms with van der Waals surface area (Å²) in [6.07, 6.45) is 0. The van der Waals surface area contributed by atoms with E-state index in [4.69, 9.17) is 9.47 Å². The minimum absolute atomic E-state index is 0.282. The van der Waals surface area contributed by atoms with Gasteiger partial charge in [-0.1, -0.05) is 30.3 Å². The number of Topliss-reactive ketones (excluding diaryl/α,β-unsaturated/α-hetero) is 1. The molecular formula is C20H15FO4. The van der Waals surface area contributed by atoms with Crippen molar-refractivity contribution >= 4 is 22.5 Å². The van der Waals surface area contributed by atoms with Crippen LogP contribution in [-0.4, -0.2) is 25.0 Å². The average Bonchev–Trinajstić information content (AvgIpc) is 2.65. The number of carbonyl (C=O) groups is 2. The van der Waals surface area contributed by atoms with Crippen molar-refractivity contribution in [1.29, 1.82) is 0 Å². The summed E-state index contributed by atoms with van der Waals surface area (Å²) in [6, 6.07) is 18.3. The Kier molecular flexibility index (Phi) is 5.04. The van der Waals surface area contributed by atoms with E-state index in [0.29, 0.717) is 5.75 Å². The molecule has 3 aromatic rings. The Hall–Kier alpha value is -3.21. The van der Waals surface area contributed by atoms with E-state index in [1.54, 1.807) is 6.07 Å². The Morgan fingerprint density at radius 1 is 0.840 bits per heavy atom. The molecule has 0 radical (unpaired) electrons. The number of carbonyl (C=O) groups excluding carboxylic acids is 2. The SMILES string of the molecule is O=C(COc1ccc2ccccc2c1)OCC(=O)c1ccc(F)cc1. The third kappa shape index (κ3) is 4.41. The molecule has 0 saturated heterocycles. The van der Waals surface area contributed by atoms with Gasteiger partial charge in [-0.15, -0.1) is 0 Å². The zero-order chi connectivity index (χ0) is 17.6. The molecule has 0 aliphatic carbocycles. The second-order valence-corrected chi connectivity index (χ2v) is 5.39. The fraction of sp³-hybridized carbons (Fsp3) is 0.100. The van der Waals surface area contributed by atoms with Crippen LogP contribution in [0.5, 0.6) is 5.75 Å². The van der Waals surface area contributed by atoms with Gasteiger partial charge in [-0.2, -0.15) is 0 Å². The van der Waals surface area contributed by atoms with Crippen LogP contribution in [0, 0.1) is 5.82 Å². The number of hydrogen-bond donors (Lipinski definition) is 0. The van der Waals surface area contributed by atoms with Crippen molar-refractivity contribution in [2.75, 3.05) is 13.2 Å². The average molecular weight is 338 g/mol. The van der Waals surface area contributed by atoms with Gasteiger partial charge in [0, 0.05) is 5.56 Å². The van der Waals surface area contributed by atoms with Gasteiger partial charge in [0.2, 0.25) is 0 Å². The molecule has 0 aliphatic heterocycles. The molecular weight excluding hydrogens is 323 g/mol. The lowest BCUT2D eigenvalue weighted by Crippen LogP contribution is -2.19. The van der Waals surface area contributed by atoms with Crippen LogP contribution in [0.15, 0.2) is 66.7 Å². The van der Waals surface area contributed by atoms with E-state index in [1.807, 2.05) is 36.4 Å². The largest absolute Gasteiger partial charge is 0.482 e. The molecule has 0 atom stereocenters. The quantitative estimate of drug-likeness (QED) is 0.507. The molecule has 25 heavy (non-hydrogen) atoms. The number of esters is 1. The van der Waals surface area contributed by atoms with Crippen LogP contribution in [0.3, 0.4) is 0 Å². The fourth-order valence-electron chi connectivity index (χ4n) is 2.31. The predicted molar refractivity (Wildman–Crippen MR) is 91.1 cm³/mol. The van der Waals surface area contributed by atoms with E-state index in [9.17, 15) is 14.0 Å². The van der Waals surface area contributed by atoms with Crippen molar-refractivity contribution in [3.05, 3.63) is 78.1 Å². The lowest BCUT2D eigenvalue weighted by molar-refractivity contribution is -0.144. The van der Waals surface area contributed by atoms with Crippen molar-refractivity contribution in [1.82, 2.24) is 0 Å². The second kappa shape index (κ2) is 7.57. The topological polar surface area (TPSA) is 52.6 Å². The van der Waals surface area contributed by atoms with E-state index in [0.717, 1.165) is 10.8 Å². The Labute approximate surface area is 143 Å². The monoisotopic (exact) mass is 338 g/mol. The van der Waals surface area contributed by atoms with E-state index in [2.05, 4.69) is 0 Å². The molecule has 0 aromatic heterocycles. The van der Waals surface area contributed by atoms with E-state index < -0.39 is 24.2 Å². The molecule has 0 aliphatic rings. The standard InChI is InChI=1S/C20H15FO4/c21-17-8-5-15(6-9-17)19(22)12-25-20(23)13-24-18-10-7-14-3-1-2-4-16(14)11-18/h1-11H,12-13H2. The maximum absolute atomic E-state index is 12.8. The van der Waals surface area contributed by atoms with Crippen LogP contribution >= 0.6 is 0 Å². The number of ether oxygens (including phenoxy) is 2. The van der Waals surface area contributed by atoms with Gasteiger partial charge < -0.3 is 9.47 Å². The minimum atomic E-state index is -0.649. The first kappa shape index (κ1) is 16.6. The number of halogens is 1. The van der Waals surface area contributed by atoms with Gasteiger partial charge in [0.1, 0.15) is 11.6 Å². The summed E-state index contributed by atoms with van der Waals surface area (Å²) in [5.41, 5.74) is 0.282. The molecule has 0 amide bonds. The molecule has 4 nitrogen and oxygen atoms in total. The smallest absolute Gasteiger partial charge is 0.344 e. The summed E-state index contributed by atoms with van der Waals surface area (Å²) in [6.45, 7) is -0.708. The Bertz CT molecular complexity index is 903. The molecule has 0 spiro atoms. The zero-order valence-electron chi connectivity index (χ0n) is 13.3. The van der Waals surface area contributed by atoms with Crippen LogP contribution in [0.2, 0.25) is 0 Å². The van der Waals surface area contributed by atoms with E-state index >= 15 is 0 Å². The lowest BCUT2D eigenvalue weighted by atomic mass is 10.1. The van der Waals surface area contributed by atoms with Gasteiger partial charge in [-0.25, -0.2) is 9.18 Å². The zero-order valence-corrected chi connectivity index (χ0v) is 13.3. The molecule has 0 bridgehead atoms. The highest BCUT2D eigenvalue weighted by molar-refractivity contribution is 5.97. The molecule has 3 aromatic carbocycles. The Morgan fingerprint density at radius 3 is 2.32 bits per heavy atom. The first-order chi connectivity index (χ1) is 12.1. The van der Waals surface area contributed by atoms with Crippen LogP contribution in [0.25, 0.3) is 10.8 Å². The van der Waals surface area contributed by atoms with Crippen LogP contribution in [-0.2, 0) is 9.53 Å². The molecule has 0 heterocycles. The summed E-state index contributed by atoms with van der Waals surface area (Å²) in [5, 5.41) is 2.07. The summed E-state index contributed by atoms with van der Waals surface area (Å²) < 4.78 is 23.1. The molecule has 5 heteroatoms. The molecule has 0 saturated carbocycles. The maximum Gasteiger partial charge on any atom is 0.344 e. The third-order valence-corrected chi connectivity index (χ3v) is 3.61. The van der Waals surface area contributed by atoms with E-state index in [-0.39, 0.29) is 12.2 Å². The number of rotatable bonds is 6. The van der Waals surface area contributed by atoms with Gasteiger partial charge >= 0.3 is 5.97 Å². The van der Waals surface area contributed by atoms with Crippen molar-refractivity contribution in [2.24, 2.45) is 0 Å². The van der Waals surface area contributed by atoms with Crippen LogP contribution in [0.4, 0.5) is 4.39 Å². The molecule has 0 N–H and O–H groups in total. The summed E-state index contributed by atoms with van der Waals surface area (Å²) in [5.74, 6) is -0.944. The van der Waals surface area contributed by atoms with Crippen LogP contribution < -0.4 is 4.74 Å². The van der Waals surface area contributed by atoms with Crippen molar-refractivity contribution in [2.45, 2.75) is 0 Å². The molecule has 126 valence electrons. The van der Waals surface area contributed by atoms with E-state index in [1.165, 1.54) is 24.3 Å². The van der Waals surface area contributed by atoms with Crippen molar-refractivity contribution in [3.63, 3.8) is 0 Å². The first-order valence-corrected chi connectivity index (χ1v) is 7.68. The second-order valence-electron chi connectivity index (χ2n) is 5.39. The fourth-order valence-corrected chi connectivity index (χ4v) is 2.31. The molecule has 0 unspecified atom stereocenters. The molecule has 3 rings (SSSR count). The summed E-state index contributed by atoms with van der Waals surface area (Å²) >= 11 is 0. The van der Waals surface area contributed by atoms with Gasteiger partial charge in [0.25, 0.3) is 0 Å². The highest BCUT2D eigenvalue weighted by Gasteiger charge is 2.11. The van der Waals surface area contributed by atoms with Gasteiger partial charge in [0.15, 0.2) is 19.0 Å². The Balaban J connectivity index is 1.50. The molecule has 0 fully saturated rings. The van der Waals surface area contributed by atoms with Crippen molar-refractivity contribution in [3.8, 4) is 5.75 Å². The highest BCUT2D eigenvalue weighted by atomic mass is 19.1. The van der Waals surface area contributed by atoms with Gasteiger partial charge in [-0.05, 0) is 47.2 Å². The summed E-state index contributed by atoms with van der Waals surface area (Å²) in [4.78, 5) is 23.6. The Morgan fingerprint density at radius 2 is 1.56 bits per heavy atom. The normalized spacial score (nSPS) is 10.4. The minimum Gasteiger partial charge on any atom is -0.482 e. The van der Waals surface area contributed by atoms with Gasteiger partial charge in [-0.3, -0.25) is 4.79 Å². The maximum atomic E-state index is 12.8. The predicted octanol–water partition coefficient (Wildman–Crippen LogP) is 3.78. The highest BCUT2D eigenvalue weighted by Crippen LogP contribution is 2.20. The number of fused-ring (bicyclic) bond motifs is 1. The number of benzene rings is 3.